The summed E-state index contributed by atoms with van der Waals surface area (Å²) in [4.78, 5) is 15.3. The largest absolute Gasteiger partial charge is 0.416 e. The lowest BCUT2D eigenvalue weighted by molar-refractivity contribution is -0.137. The summed E-state index contributed by atoms with van der Waals surface area (Å²) in [7, 11) is 0. The number of rotatable bonds is 5. The number of anilines is 3. The Hall–Kier alpha value is -3.47. The van der Waals surface area contributed by atoms with Gasteiger partial charge in [0.05, 0.1) is 18.8 Å². The van der Waals surface area contributed by atoms with E-state index >= 15 is 0 Å². The molecule has 11 heteroatoms. The molecule has 2 N–H and O–H groups in total. The van der Waals surface area contributed by atoms with E-state index in [4.69, 9.17) is 4.74 Å². The fourth-order valence-electron chi connectivity index (χ4n) is 3.00. The van der Waals surface area contributed by atoms with Crippen LogP contribution in [0.5, 0.6) is 0 Å². The van der Waals surface area contributed by atoms with E-state index in [0.29, 0.717) is 49.5 Å². The summed E-state index contributed by atoms with van der Waals surface area (Å²) in [6.45, 7) is 4.24. The Morgan fingerprint density at radius 1 is 1.10 bits per heavy atom. The van der Waals surface area contributed by atoms with Crippen LogP contribution in [0.4, 0.5) is 30.9 Å². The second-order valence-electron chi connectivity index (χ2n) is 6.93. The summed E-state index contributed by atoms with van der Waals surface area (Å²) in [5.41, 5.74) is 0.547. The van der Waals surface area contributed by atoms with Gasteiger partial charge in [-0.2, -0.15) is 33.2 Å². The highest BCUT2D eigenvalue weighted by Crippen LogP contribution is 2.30. The van der Waals surface area contributed by atoms with Crippen molar-refractivity contribution < 1.29 is 17.9 Å². The van der Waals surface area contributed by atoms with E-state index in [1.807, 2.05) is 11.8 Å². The van der Waals surface area contributed by atoms with Crippen molar-refractivity contribution in [2.24, 2.45) is 0 Å². The van der Waals surface area contributed by atoms with Crippen molar-refractivity contribution >= 4 is 29.9 Å². The maximum absolute atomic E-state index is 13.0. The zero-order valence-electron chi connectivity index (χ0n) is 16.6. The Morgan fingerprint density at radius 3 is 2.61 bits per heavy atom. The molecule has 31 heavy (non-hydrogen) atoms. The van der Waals surface area contributed by atoms with Gasteiger partial charge in [0.25, 0.3) is 0 Å². The van der Waals surface area contributed by atoms with E-state index in [1.54, 1.807) is 18.2 Å². The molecule has 4 rings (SSSR count). The minimum Gasteiger partial charge on any atom is -0.378 e. The standard InChI is InChI=1S/C20H20F3N7O/c1-13-11-17(29-28-13)25-18-24-16(26-19(27-18)30-7-9-31-10-8-30)6-5-14-3-2-4-15(12-14)20(21,22)23/h2-6,11-12H,7-10H2,1H3,(H2,24,25,26,27,28,29)/b6-5+. The van der Waals surface area contributed by atoms with Crippen LogP contribution in [-0.4, -0.2) is 51.5 Å². The van der Waals surface area contributed by atoms with Gasteiger partial charge in [0, 0.05) is 24.8 Å². The maximum Gasteiger partial charge on any atom is 0.416 e. The average Bonchev–Trinajstić information content (AvgIpc) is 3.17. The SMILES string of the molecule is Cc1cc(Nc2nc(/C=C/c3cccc(C(F)(F)F)c3)nc(N3CCOCC3)n2)n[nH]1. The second kappa shape index (κ2) is 8.72. The van der Waals surface area contributed by atoms with Crippen LogP contribution in [0, 0.1) is 6.92 Å². The van der Waals surface area contributed by atoms with Crippen LogP contribution < -0.4 is 10.2 Å². The van der Waals surface area contributed by atoms with Crippen molar-refractivity contribution in [3.8, 4) is 0 Å². The van der Waals surface area contributed by atoms with E-state index in [-0.39, 0.29) is 5.95 Å². The van der Waals surface area contributed by atoms with Gasteiger partial charge in [0.1, 0.15) is 0 Å². The Balaban J connectivity index is 1.63. The summed E-state index contributed by atoms with van der Waals surface area (Å²) >= 11 is 0. The van der Waals surface area contributed by atoms with Gasteiger partial charge in [-0.15, -0.1) is 0 Å². The number of halogens is 3. The lowest BCUT2D eigenvalue weighted by Crippen LogP contribution is -2.37. The third-order valence-electron chi connectivity index (χ3n) is 4.52. The van der Waals surface area contributed by atoms with E-state index in [0.717, 1.165) is 17.8 Å². The molecule has 0 atom stereocenters. The van der Waals surface area contributed by atoms with E-state index in [1.165, 1.54) is 12.1 Å². The predicted octanol–water partition coefficient (Wildman–Crippen LogP) is 3.67. The molecule has 0 bridgehead atoms. The fraction of sp³-hybridized carbons (Fsp3) is 0.300. The van der Waals surface area contributed by atoms with Gasteiger partial charge in [0.15, 0.2) is 11.6 Å². The zero-order valence-corrected chi connectivity index (χ0v) is 16.6. The molecule has 0 aliphatic carbocycles. The molecule has 0 amide bonds. The Morgan fingerprint density at radius 2 is 1.90 bits per heavy atom. The highest BCUT2D eigenvalue weighted by atomic mass is 19.4. The molecule has 1 aliphatic rings. The number of aromatic nitrogens is 5. The third kappa shape index (κ3) is 5.37. The third-order valence-corrected chi connectivity index (χ3v) is 4.52. The van der Waals surface area contributed by atoms with Crippen molar-refractivity contribution in [1.29, 1.82) is 0 Å². The van der Waals surface area contributed by atoms with Crippen LogP contribution in [0.3, 0.4) is 0 Å². The summed E-state index contributed by atoms with van der Waals surface area (Å²) in [6, 6.07) is 6.86. The number of alkyl halides is 3. The van der Waals surface area contributed by atoms with Crippen LogP contribution in [0.25, 0.3) is 12.2 Å². The average molecular weight is 431 g/mol. The first-order chi connectivity index (χ1) is 14.9. The summed E-state index contributed by atoms with van der Waals surface area (Å²) in [5, 5.41) is 9.97. The molecule has 8 nitrogen and oxygen atoms in total. The molecular formula is C20H20F3N7O. The number of H-pyrrole nitrogens is 1. The van der Waals surface area contributed by atoms with Gasteiger partial charge in [-0.3, -0.25) is 5.10 Å². The molecule has 1 saturated heterocycles. The molecule has 3 aromatic rings. The van der Waals surface area contributed by atoms with Crippen LogP contribution in [0.1, 0.15) is 22.6 Å². The predicted molar refractivity (Wildman–Crippen MR) is 110 cm³/mol. The van der Waals surface area contributed by atoms with Crippen LogP contribution >= 0.6 is 0 Å². The summed E-state index contributed by atoms with van der Waals surface area (Å²) in [5.74, 6) is 1.59. The van der Waals surface area contributed by atoms with Crippen LogP contribution in [0.2, 0.25) is 0 Å². The molecule has 3 heterocycles. The number of benzene rings is 1. The number of aromatic amines is 1. The normalized spacial score (nSPS) is 14.9. The molecule has 0 spiro atoms. The number of nitrogens with one attached hydrogen (secondary N) is 2. The highest BCUT2D eigenvalue weighted by Gasteiger charge is 2.30. The Labute approximate surface area is 176 Å². The highest BCUT2D eigenvalue weighted by molar-refractivity contribution is 5.68. The monoisotopic (exact) mass is 431 g/mol. The van der Waals surface area contributed by atoms with E-state index in [9.17, 15) is 13.2 Å². The molecular weight excluding hydrogens is 411 g/mol. The van der Waals surface area contributed by atoms with Crippen molar-refractivity contribution in [3.05, 3.63) is 53.0 Å². The first-order valence-electron chi connectivity index (χ1n) is 9.60. The lowest BCUT2D eigenvalue weighted by Gasteiger charge is -2.26. The van der Waals surface area contributed by atoms with Gasteiger partial charge in [0.2, 0.25) is 11.9 Å². The number of aryl methyl sites for hydroxylation is 1. The number of nitrogens with zero attached hydrogens (tertiary/aromatic N) is 5. The molecule has 0 radical (unpaired) electrons. The lowest BCUT2D eigenvalue weighted by atomic mass is 10.1. The molecule has 1 fully saturated rings. The van der Waals surface area contributed by atoms with Crippen LogP contribution in [0.15, 0.2) is 30.3 Å². The molecule has 0 unspecified atom stereocenters. The topological polar surface area (TPSA) is 91.8 Å². The zero-order chi connectivity index (χ0) is 21.8. The number of morpholine rings is 1. The summed E-state index contributed by atoms with van der Waals surface area (Å²) < 4.78 is 44.3. The van der Waals surface area contributed by atoms with Crippen molar-refractivity contribution in [3.63, 3.8) is 0 Å². The van der Waals surface area contributed by atoms with Gasteiger partial charge >= 0.3 is 6.18 Å². The number of hydrogen-bond acceptors (Lipinski definition) is 7. The van der Waals surface area contributed by atoms with E-state index in [2.05, 4.69) is 30.5 Å². The Bertz CT molecular complexity index is 1070. The molecule has 2 aromatic heterocycles. The van der Waals surface area contributed by atoms with Gasteiger partial charge in [-0.25, -0.2) is 0 Å². The van der Waals surface area contributed by atoms with Crippen molar-refractivity contribution in [1.82, 2.24) is 25.1 Å². The molecule has 1 aliphatic heterocycles. The summed E-state index contributed by atoms with van der Waals surface area (Å²) in [6.07, 6.45) is -1.31. The fourth-order valence-corrected chi connectivity index (χ4v) is 3.00. The van der Waals surface area contributed by atoms with Gasteiger partial charge in [-0.05, 0) is 30.7 Å². The molecule has 1 aromatic carbocycles. The van der Waals surface area contributed by atoms with Crippen molar-refractivity contribution in [2.75, 3.05) is 36.5 Å². The van der Waals surface area contributed by atoms with E-state index < -0.39 is 11.7 Å². The molecule has 162 valence electrons. The van der Waals surface area contributed by atoms with Crippen LogP contribution in [-0.2, 0) is 10.9 Å². The maximum atomic E-state index is 13.0. The van der Waals surface area contributed by atoms with Crippen molar-refractivity contribution in [2.45, 2.75) is 13.1 Å². The number of hydrogen-bond donors (Lipinski definition) is 2. The van der Waals surface area contributed by atoms with Gasteiger partial charge in [-0.1, -0.05) is 18.2 Å². The molecule has 0 saturated carbocycles. The minimum atomic E-state index is -4.40. The first kappa shape index (κ1) is 20.8. The number of ether oxygens (including phenoxy) is 1. The first-order valence-corrected chi connectivity index (χ1v) is 9.60. The minimum absolute atomic E-state index is 0.284. The second-order valence-corrected chi connectivity index (χ2v) is 6.93. The Kier molecular flexibility index (Phi) is 5.85. The quantitative estimate of drug-likeness (QED) is 0.637. The van der Waals surface area contributed by atoms with Gasteiger partial charge < -0.3 is 15.0 Å². The smallest absolute Gasteiger partial charge is 0.378 e.